The van der Waals surface area contributed by atoms with Crippen molar-refractivity contribution in [2.24, 2.45) is 0 Å². The minimum atomic E-state index is 0.496. The summed E-state index contributed by atoms with van der Waals surface area (Å²) in [5, 5.41) is 0. The van der Waals surface area contributed by atoms with Gasteiger partial charge >= 0.3 is 0 Å². The first-order valence-electron chi connectivity index (χ1n) is 6.67. The Balaban J connectivity index is 3.01. The molecule has 100 valence electrons. The lowest BCUT2D eigenvalue weighted by Crippen LogP contribution is -2.24. The zero-order chi connectivity index (χ0) is 13.5. The molecule has 0 aliphatic carbocycles. The second kappa shape index (κ2) is 7.10. The lowest BCUT2D eigenvalue weighted by Gasteiger charge is -2.27. The van der Waals surface area contributed by atoms with Crippen molar-refractivity contribution in [3.05, 3.63) is 35.9 Å². The highest BCUT2D eigenvalue weighted by Crippen LogP contribution is 2.23. The molecule has 0 fully saturated rings. The van der Waals surface area contributed by atoms with Crippen LogP contribution >= 0.6 is 0 Å². The molecule has 2 heteroatoms. The van der Waals surface area contributed by atoms with E-state index in [0.717, 1.165) is 12.2 Å². The molecule has 0 aliphatic rings. The van der Waals surface area contributed by atoms with E-state index >= 15 is 0 Å². The Bertz CT molecular complexity index is 379. The van der Waals surface area contributed by atoms with Crippen molar-refractivity contribution >= 4 is 5.70 Å². The summed E-state index contributed by atoms with van der Waals surface area (Å²) in [6.07, 6.45) is 4.60. The van der Waals surface area contributed by atoms with Gasteiger partial charge in [0.2, 0.25) is 0 Å². The van der Waals surface area contributed by atoms with E-state index in [0.29, 0.717) is 6.04 Å². The van der Waals surface area contributed by atoms with Crippen molar-refractivity contribution in [2.75, 3.05) is 14.2 Å². The van der Waals surface area contributed by atoms with Gasteiger partial charge in [0.25, 0.3) is 0 Å². The summed E-state index contributed by atoms with van der Waals surface area (Å²) in [6, 6.07) is 8.78. The summed E-state index contributed by atoms with van der Waals surface area (Å²) in [4.78, 5) is 2.32. The van der Waals surface area contributed by atoms with Gasteiger partial charge in [0.15, 0.2) is 0 Å². The maximum atomic E-state index is 5.20. The van der Waals surface area contributed by atoms with Gasteiger partial charge in [-0.25, -0.2) is 0 Å². The van der Waals surface area contributed by atoms with Gasteiger partial charge in [-0.05, 0) is 50.1 Å². The highest BCUT2D eigenvalue weighted by Gasteiger charge is 2.10. The Hall–Kier alpha value is -1.44. The molecule has 0 bridgehead atoms. The molecule has 1 rings (SSSR count). The van der Waals surface area contributed by atoms with Gasteiger partial charge in [-0.2, -0.15) is 0 Å². The highest BCUT2D eigenvalue weighted by molar-refractivity contribution is 5.64. The number of hydrogen-bond acceptors (Lipinski definition) is 2. The van der Waals surface area contributed by atoms with Crippen molar-refractivity contribution in [3.8, 4) is 5.75 Å². The molecule has 1 aromatic rings. The third-order valence-electron chi connectivity index (χ3n) is 3.17. The highest BCUT2D eigenvalue weighted by atomic mass is 16.5. The molecule has 0 saturated heterocycles. The Morgan fingerprint density at radius 1 is 1.28 bits per heavy atom. The molecular formula is C16H25NO. The number of ether oxygens (including phenoxy) is 1. The standard InChI is InChI=1S/C16H25NO/c1-6-7-8-16(17(4)13(2)3)14-9-11-15(18-5)12-10-14/h8-13H,6-7H2,1-5H3. The van der Waals surface area contributed by atoms with Crippen molar-refractivity contribution in [2.45, 2.75) is 39.7 Å². The van der Waals surface area contributed by atoms with Gasteiger partial charge in [-0.1, -0.05) is 19.4 Å². The van der Waals surface area contributed by atoms with Crippen LogP contribution in [-0.2, 0) is 0 Å². The molecule has 0 aromatic heterocycles. The monoisotopic (exact) mass is 247 g/mol. The average molecular weight is 247 g/mol. The molecule has 0 heterocycles. The van der Waals surface area contributed by atoms with Gasteiger partial charge in [0.05, 0.1) is 7.11 Å². The van der Waals surface area contributed by atoms with E-state index in [-0.39, 0.29) is 0 Å². The Morgan fingerprint density at radius 2 is 1.89 bits per heavy atom. The first-order valence-corrected chi connectivity index (χ1v) is 6.67. The fourth-order valence-electron chi connectivity index (χ4n) is 1.79. The number of allylic oxidation sites excluding steroid dienone is 1. The lowest BCUT2D eigenvalue weighted by molar-refractivity contribution is 0.395. The zero-order valence-corrected chi connectivity index (χ0v) is 12.2. The first-order chi connectivity index (χ1) is 8.60. The molecule has 18 heavy (non-hydrogen) atoms. The minimum absolute atomic E-state index is 0.496. The smallest absolute Gasteiger partial charge is 0.118 e. The van der Waals surface area contributed by atoms with Gasteiger partial charge < -0.3 is 9.64 Å². The van der Waals surface area contributed by atoms with Crippen LogP contribution in [0.25, 0.3) is 5.70 Å². The SMILES string of the molecule is CCCC=C(c1ccc(OC)cc1)N(C)C(C)C. The second-order valence-corrected chi connectivity index (χ2v) is 4.81. The summed E-state index contributed by atoms with van der Waals surface area (Å²) < 4.78 is 5.20. The zero-order valence-electron chi connectivity index (χ0n) is 12.2. The van der Waals surface area contributed by atoms with E-state index in [1.54, 1.807) is 7.11 Å². The maximum Gasteiger partial charge on any atom is 0.118 e. The average Bonchev–Trinajstić information content (AvgIpc) is 2.39. The summed E-state index contributed by atoms with van der Waals surface area (Å²) in [5.74, 6) is 0.904. The van der Waals surface area contributed by atoms with E-state index in [2.05, 4.69) is 50.9 Å². The van der Waals surface area contributed by atoms with Crippen LogP contribution in [0.2, 0.25) is 0 Å². The molecule has 0 N–H and O–H groups in total. The molecule has 0 radical (unpaired) electrons. The molecule has 1 aromatic carbocycles. The molecule has 0 saturated carbocycles. The molecule has 0 aliphatic heterocycles. The third kappa shape index (κ3) is 3.80. The second-order valence-electron chi connectivity index (χ2n) is 4.81. The first kappa shape index (κ1) is 14.6. The maximum absolute atomic E-state index is 5.20. The fraction of sp³-hybridized carbons (Fsp3) is 0.500. The largest absolute Gasteiger partial charge is 0.497 e. The van der Waals surface area contributed by atoms with Crippen molar-refractivity contribution in [1.29, 1.82) is 0 Å². The van der Waals surface area contributed by atoms with Crippen molar-refractivity contribution in [3.63, 3.8) is 0 Å². The van der Waals surface area contributed by atoms with Crippen LogP contribution in [0, 0.1) is 0 Å². The topological polar surface area (TPSA) is 12.5 Å². The van der Waals surface area contributed by atoms with Crippen molar-refractivity contribution < 1.29 is 4.74 Å². The van der Waals surface area contributed by atoms with E-state index in [1.807, 2.05) is 12.1 Å². The number of nitrogens with zero attached hydrogens (tertiary/aromatic N) is 1. The summed E-state index contributed by atoms with van der Waals surface area (Å²) >= 11 is 0. The van der Waals surface area contributed by atoms with Gasteiger partial charge in [0.1, 0.15) is 5.75 Å². The molecule has 0 amide bonds. The van der Waals surface area contributed by atoms with Gasteiger partial charge in [-0.3, -0.25) is 0 Å². The Labute approximate surface area is 111 Å². The quantitative estimate of drug-likeness (QED) is 0.748. The Morgan fingerprint density at radius 3 is 2.33 bits per heavy atom. The fourth-order valence-corrected chi connectivity index (χ4v) is 1.79. The van der Waals surface area contributed by atoms with E-state index in [9.17, 15) is 0 Å². The van der Waals surface area contributed by atoms with Gasteiger partial charge in [0, 0.05) is 18.8 Å². The normalized spacial score (nSPS) is 11.8. The number of unbranched alkanes of at least 4 members (excludes halogenated alkanes) is 1. The van der Waals surface area contributed by atoms with Crippen LogP contribution < -0.4 is 4.74 Å². The van der Waals surface area contributed by atoms with Crippen LogP contribution in [0.15, 0.2) is 30.3 Å². The number of methoxy groups -OCH3 is 1. The summed E-state index contributed by atoms with van der Waals surface area (Å²) in [7, 11) is 3.85. The number of benzene rings is 1. The molecule has 0 atom stereocenters. The minimum Gasteiger partial charge on any atom is -0.497 e. The van der Waals surface area contributed by atoms with Crippen LogP contribution in [0.3, 0.4) is 0 Å². The number of rotatable bonds is 6. The van der Waals surface area contributed by atoms with Gasteiger partial charge in [-0.15, -0.1) is 0 Å². The Kier molecular flexibility index (Phi) is 5.76. The molecular weight excluding hydrogens is 222 g/mol. The lowest BCUT2D eigenvalue weighted by atomic mass is 10.1. The number of hydrogen-bond donors (Lipinski definition) is 0. The van der Waals surface area contributed by atoms with Crippen molar-refractivity contribution in [1.82, 2.24) is 4.90 Å². The summed E-state index contributed by atoms with van der Waals surface area (Å²) in [5.41, 5.74) is 2.55. The summed E-state index contributed by atoms with van der Waals surface area (Å²) in [6.45, 7) is 6.63. The van der Waals surface area contributed by atoms with E-state index < -0.39 is 0 Å². The van der Waals surface area contributed by atoms with Crippen LogP contribution in [0.4, 0.5) is 0 Å². The predicted octanol–water partition coefficient (Wildman–Crippen LogP) is 4.18. The van der Waals surface area contributed by atoms with E-state index in [4.69, 9.17) is 4.74 Å². The predicted molar refractivity (Wildman–Crippen MR) is 78.8 cm³/mol. The van der Waals surface area contributed by atoms with E-state index in [1.165, 1.54) is 17.7 Å². The molecule has 0 spiro atoms. The van der Waals surface area contributed by atoms with Crippen LogP contribution in [-0.4, -0.2) is 25.1 Å². The van der Waals surface area contributed by atoms with Crippen LogP contribution in [0.1, 0.15) is 39.2 Å². The third-order valence-corrected chi connectivity index (χ3v) is 3.17. The molecule has 0 unspecified atom stereocenters. The molecule has 2 nitrogen and oxygen atoms in total. The van der Waals surface area contributed by atoms with Crippen LogP contribution in [0.5, 0.6) is 5.75 Å².